The van der Waals surface area contributed by atoms with Gasteiger partial charge in [-0.2, -0.15) is 13.1 Å². The van der Waals surface area contributed by atoms with Crippen LogP contribution in [-0.4, -0.2) is 25.7 Å². The van der Waals surface area contributed by atoms with Crippen LogP contribution in [-0.2, 0) is 10.2 Å². The quantitative estimate of drug-likeness (QED) is 0.632. The molecule has 1 fully saturated rings. The second-order valence-corrected chi connectivity index (χ2v) is 5.16. The zero-order chi connectivity index (χ0) is 11.3. The highest BCUT2D eigenvalue weighted by Gasteiger charge is 2.20. The van der Waals surface area contributed by atoms with E-state index in [4.69, 9.17) is 5.11 Å². The Balaban J connectivity index is 2.48. The average molecular weight is 236 g/mol. The Morgan fingerprint density at radius 1 is 1.13 bits per heavy atom. The largest absolute Gasteiger partial charge is 0.464 e. The Labute approximate surface area is 89.2 Å². The summed E-state index contributed by atoms with van der Waals surface area (Å²) in [6.45, 7) is 0. The molecule has 0 bridgehead atoms. The van der Waals surface area contributed by atoms with Gasteiger partial charge in [0.25, 0.3) is 0 Å². The number of carbonyl (C=O) groups is 1. The summed E-state index contributed by atoms with van der Waals surface area (Å²) >= 11 is 0. The molecule has 7 heteroatoms. The van der Waals surface area contributed by atoms with Gasteiger partial charge < -0.3 is 5.11 Å². The van der Waals surface area contributed by atoms with Crippen LogP contribution in [0.5, 0.6) is 0 Å². The Morgan fingerprint density at radius 3 is 2.13 bits per heavy atom. The van der Waals surface area contributed by atoms with Crippen molar-refractivity contribution >= 4 is 16.3 Å². The van der Waals surface area contributed by atoms with E-state index in [0.717, 1.165) is 38.5 Å². The molecule has 0 atom stereocenters. The molecule has 0 heterocycles. The maximum atomic E-state index is 11.2. The molecule has 1 amide bonds. The number of amides is 1. The highest BCUT2D eigenvalue weighted by molar-refractivity contribution is 7.88. The zero-order valence-corrected chi connectivity index (χ0v) is 9.22. The lowest BCUT2D eigenvalue weighted by molar-refractivity contribution is 0.201. The van der Waals surface area contributed by atoms with E-state index in [1.165, 1.54) is 4.72 Å². The number of rotatable bonds is 3. The van der Waals surface area contributed by atoms with Crippen LogP contribution in [0, 0.1) is 0 Å². The molecule has 0 spiro atoms. The fraction of sp³-hybridized carbons (Fsp3) is 0.875. The molecule has 0 radical (unpaired) electrons. The summed E-state index contributed by atoms with van der Waals surface area (Å²) in [6.07, 6.45) is 4.20. The van der Waals surface area contributed by atoms with Crippen molar-refractivity contribution in [3.8, 4) is 0 Å². The summed E-state index contributed by atoms with van der Waals surface area (Å²) in [7, 11) is -3.90. The van der Waals surface area contributed by atoms with Crippen LogP contribution >= 0.6 is 0 Å². The van der Waals surface area contributed by atoms with Gasteiger partial charge in [-0.1, -0.05) is 25.7 Å². The maximum absolute atomic E-state index is 11.2. The van der Waals surface area contributed by atoms with Crippen LogP contribution in [0.4, 0.5) is 4.79 Å². The van der Waals surface area contributed by atoms with Crippen LogP contribution in [0.3, 0.4) is 0 Å². The SMILES string of the molecule is O=C(O)NS(=O)(=O)NC1CCCCCC1. The van der Waals surface area contributed by atoms with Gasteiger partial charge in [-0.25, -0.2) is 9.52 Å². The van der Waals surface area contributed by atoms with Crippen LogP contribution in [0.1, 0.15) is 38.5 Å². The summed E-state index contributed by atoms with van der Waals surface area (Å²) in [4.78, 5) is 10.2. The minimum Gasteiger partial charge on any atom is -0.464 e. The summed E-state index contributed by atoms with van der Waals surface area (Å²) in [5.74, 6) is 0. The summed E-state index contributed by atoms with van der Waals surface area (Å²) < 4.78 is 26.2. The zero-order valence-electron chi connectivity index (χ0n) is 8.40. The van der Waals surface area contributed by atoms with Crippen molar-refractivity contribution in [1.82, 2.24) is 9.44 Å². The topological polar surface area (TPSA) is 95.5 Å². The normalized spacial score (nSPS) is 19.5. The lowest BCUT2D eigenvalue weighted by Gasteiger charge is -2.15. The molecule has 0 aromatic rings. The van der Waals surface area contributed by atoms with Gasteiger partial charge in [0, 0.05) is 6.04 Å². The Kier molecular flexibility index (Phi) is 4.34. The lowest BCUT2D eigenvalue weighted by Crippen LogP contribution is -2.44. The minimum absolute atomic E-state index is 0.135. The van der Waals surface area contributed by atoms with E-state index in [2.05, 4.69) is 4.72 Å². The van der Waals surface area contributed by atoms with Gasteiger partial charge in [-0.15, -0.1) is 0 Å². The number of hydrogen-bond acceptors (Lipinski definition) is 3. The molecule has 88 valence electrons. The first-order valence-electron chi connectivity index (χ1n) is 5.02. The molecule has 6 nitrogen and oxygen atoms in total. The molecular formula is C8H16N2O4S. The molecule has 0 unspecified atom stereocenters. The molecule has 1 aliphatic rings. The number of carboxylic acid groups (broad SMARTS) is 1. The van der Waals surface area contributed by atoms with E-state index in [1.54, 1.807) is 0 Å². The van der Waals surface area contributed by atoms with Crippen molar-refractivity contribution in [3.05, 3.63) is 0 Å². The molecule has 0 aromatic heterocycles. The van der Waals surface area contributed by atoms with E-state index in [9.17, 15) is 13.2 Å². The average Bonchev–Trinajstić information content (AvgIpc) is 2.29. The Morgan fingerprint density at radius 2 is 1.67 bits per heavy atom. The first-order chi connectivity index (χ1) is 6.99. The van der Waals surface area contributed by atoms with Gasteiger partial charge in [-0.05, 0) is 12.8 Å². The molecule has 0 aliphatic heterocycles. The highest BCUT2D eigenvalue weighted by atomic mass is 32.2. The van der Waals surface area contributed by atoms with E-state index in [0.29, 0.717) is 0 Å². The van der Waals surface area contributed by atoms with Gasteiger partial charge in [0.05, 0.1) is 0 Å². The molecule has 1 aliphatic carbocycles. The van der Waals surface area contributed by atoms with Gasteiger partial charge in [0.15, 0.2) is 0 Å². The van der Waals surface area contributed by atoms with Crippen LogP contribution < -0.4 is 9.44 Å². The van der Waals surface area contributed by atoms with E-state index >= 15 is 0 Å². The van der Waals surface area contributed by atoms with Gasteiger partial charge >= 0.3 is 16.3 Å². The van der Waals surface area contributed by atoms with Gasteiger partial charge in [0.1, 0.15) is 0 Å². The standard InChI is InChI=1S/C8H16N2O4S/c11-8(12)10-15(13,14)9-7-5-3-1-2-4-6-7/h7,9-10H,1-6H2,(H,11,12). The predicted octanol–water partition coefficient (Wildman–Crippen LogP) is 0.811. The van der Waals surface area contributed by atoms with Crippen molar-refractivity contribution in [2.75, 3.05) is 0 Å². The van der Waals surface area contributed by atoms with Crippen molar-refractivity contribution in [2.24, 2.45) is 0 Å². The molecule has 0 aromatic carbocycles. The van der Waals surface area contributed by atoms with Gasteiger partial charge in [0.2, 0.25) is 0 Å². The third-order valence-electron chi connectivity index (χ3n) is 2.40. The van der Waals surface area contributed by atoms with E-state index in [-0.39, 0.29) is 6.04 Å². The lowest BCUT2D eigenvalue weighted by atomic mass is 10.1. The first kappa shape index (κ1) is 12.3. The molecule has 1 rings (SSSR count). The fourth-order valence-electron chi connectivity index (χ4n) is 1.76. The monoisotopic (exact) mass is 236 g/mol. The molecule has 15 heavy (non-hydrogen) atoms. The molecular weight excluding hydrogens is 220 g/mol. The minimum atomic E-state index is -3.90. The molecule has 1 saturated carbocycles. The van der Waals surface area contributed by atoms with Crippen LogP contribution in [0.2, 0.25) is 0 Å². The summed E-state index contributed by atoms with van der Waals surface area (Å²) in [5, 5.41) is 8.30. The van der Waals surface area contributed by atoms with Crippen molar-refractivity contribution < 1.29 is 18.3 Å². The van der Waals surface area contributed by atoms with Crippen molar-refractivity contribution in [2.45, 2.75) is 44.6 Å². The molecule has 3 N–H and O–H groups in total. The third kappa shape index (κ3) is 4.98. The Hall–Kier alpha value is -0.820. The van der Waals surface area contributed by atoms with E-state index < -0.39 is 16.3 Å². The van der Waals surface area contributed by atoms with Crippen molar-refractivity contribution in [1.29, 1.82) is 0 Å². The van der Waals surface area contributed by atoms with Crippen LogP contribution in [0.15, 0.2) is 0 Å². The van der Waals surface area contributed by atoms with E-state index in [1.807, 2.05) is 0 Å². The van der Waals surface area contributed by atoms with Crippen molar-refractivity contribution in [3.63, 3.8) is 0 Å². The smallest absolute Gasteiger partial charge is 0.419 e. The summed E-state index contributed by atoms with van der Waals surface area (Å²) in [6, 6.07) is -0.135. The van der Waals surface area contributed by atoms with Gasteiger partial charge in [-0.3, -0.25) is 0 Å². The summed E-state index contributed by atoms with van der Waals surface area (Å²) in [5.41, 5.74) is 0. The predicted molar refractivity (Wildman–Crippen MR) is 54.7 cm³/mol. The first-order valence-corrected chi connectivity index (χ1v) is 6.51. The second kappa shape index (κ2) is 5.32. The van der Waals surface area contributed by atoms with Crippen LogP contribution in [0.25, 0.3) is 0 Å². The third-order valence-corrected chi connectivity index (χ3v) is 3.49. The number of hydrogen-bond donors (Lipinski definition) is 3. The second-order valence-electron chi connectivity index (χ2n) is 3.72. The number of nitrogens with one attached hydrogen (secondary N) is 2. The highest BCUT2D eigenvalue weighted by Crippen LogP contribution is 2.17. The maximum Gasteiger partial charge on any atom is 0.419 e. The Bertz CT molecular complexity index is 307. The molecule has 0 saturated heterocycles. The fourth-order valence-corrected chi connectivity index (χ4v) is 2.72.